The van der Waals surface area contributed by atoms with Crippen LogP contribution in [0, 0.1) is 5.92 Å². The fourth-order valence-corrected chi connectivity index (χ4v) is 4.04. The van der Waals surface area contributed by atoms with Crippen LogP contribution in [0.1, 0.15) is 49.9 Å². The second kappa shape index (κ2) is 11.8. The third kappa shape index (κ3) is 6.12. The Morgan fingerprint density at radius 3 is 2.76 bits per heavy atom. The molecular weight excluding hydrogens is 440 g/mol. The van der Waals surface area contributed by atoms with Crippen molar-refractivity contribution in [1.29, 1.82) is 0 Å². The fraction of sp³-hybridized carbons (Fsp3) is 0.400. The van der Waals surface area contributed by atoms with Gasteiger partial charge in [-0.05, 0) is 38.0 Å². The number of hydrogen-bond acceptors (Lipinski definition) is 4. The van der Waals surface area contributed by atoms with Crippen LogP contribution in [0.2, 0.25) is 0 Å². The molecule has 1 aromatic rings. The minimum Gasteiger partial charge on any atom is -0.382 e. The zero-order valence-electron chi connectivity index (χ0n) is 19.3. The van der Waals surface area contributed by atoms with Crippen LogP contribution in [-0.4, -0.2) is 53.5 Å². The van der Waals surface area contributed by atoms with E-state index in [0.717, 1.165) is 31.6 Å². The summed E-state index contributed by atoms with van der Waals surface area (Å²) in [4.78, 5) is 35.7. The van der Waals surface area contributed by atoms with E-state index in [0.29, 0.717) is 22.7 Å². The molecule has 0 radical (unpaired) electrons. The first-order chi connectivity index (χ1) is 16.0. The average molecular weight is 471 g/mol. The maximum absolute atomic E-state index is 13.1. The van der Waals surface area contributed by atoms with Crippen molar-refractivity contribution in [3.63, 3.8) is 0 Å². The lowest BCUT2D eigenvalue weighted by Gasteiger charge is -2.19. The van der Waals surface area contributed by atoms with E-state index in [1.165, 1.54) is 5.54 Å². The van der Waals surface area contributed by atoms with Crippen LogP contribution in [0.3, 0.4) is 0 Å². The summed E-state index contributed by atoms with van der Waals surface area (Å²) in [5.41, 5.74) is 4.02. The summed E-state index contributed by atoms with van der Waals surface area (Å²) in [6.07, 6.45) is 14.7. The fourth-order valence-electron chi connectivity index (χ4n) is 3.92. The van der Waals surface area contributed by atoms with Gasteiger partial charge in [0.05, 0.1) is 18.0 Å². The number of carbonyl (C=O) groups excluding carboxylic acids is 2. The van der Waals surface area contributed by atoms with Crippen LogP contribution in [0.15, 0.2) is 47.1 Å². The van der Waals surface area contributed by atoms with Gasteiger partial charge < -0.3 is 19.9 Å². The predicted molar refractivity (Wildman–Crippen MR) is 131 cm³/mol. The second-order valence-corrected chi connectivity index (χ2v) is 8.34. The molecule has 7 nitrogen and oxygen atoms in total. The van der Waals surface area contributed by atoms with Crippen molar-refractivity contribution in [2.75, 3.05) is 26.8 Å². The van der Waals surface area contributed by atoms with Gasteiger partial charge in [-0.3, -0.25) is 9.59 Å². The molecule has 0 spiro atoms. The normalized spacial score (nSPS) is 19.6. The molecule has 2 amide bonds. The van der Waals surface area contributed by atoms with Gasteiger partial charge in [0, 0.05) is 42.8 Å². The number of aromatic amines is 1. The zero-order valence-corrected chi connectivity index (χ0v) is 20.1. The van der Waals surface area contributed by atoms with E-state index in [4.69, 9.17) is 16.3 Å². The van der Waals surface area contributed by atoms with E-state index in [1.807, 2.05) is 37.0 Å². The van der Waals surface area contributed by atoms with Crippen molar-refractivity contribution in [2.24, 2.45) is 5.92 Å². The molecule has 1 aromatic heterocycles. The molecule has 176 valence electrons. The molecule has 2 atom stereocenters. The molecule has 1 aliphatic heterocycles. The number of imidazole rings is 1. The topological polar surface area (TPSA) is 87.3 Å². The van der Waals surface area contributed by atoms with E-state index in [2.05, 4.69) is 15.3 Å². The number of nitrogens with zero attached hydrogens (tertiary/aromatic N) is 2. The summed E-state index contributed by atoms with van der Waals surface area (Å²) >= 11 is 5.75. The summed E-state index contributed by atoms with van der Waals surface area (Å²) in [6.45, 7) is 5.70. The number of likely N-dealkylation sites (tertiary alicyclic amines) is 1. The molecule has 0 bridgehead atoms. The van der Waals surface area contributed by atoms with Crippen LogP contribution in [0.4, 0.5) is 0 Å². The Labute approximate surface area is 199 Å². The van der Waals surface area contributed by atoms with Crippen LogP contribution < -0.4 is 5.32 Å². The van der Waals surface area contributed by atoms with E-state index < -0.39 is 6.04 Å². The second-order valence-electron chi connectivity index (χ2n) is 8.09. The Hall–Kier alpha value is -2.90. The maximum atomic E-state index is 13.1. The Bertz CT molecular complexity index is 983. The number of methoxy groups -OCH3 is 1. The predicted octanol–water partition coefficient (Wildman–Crippen LogP) is 4.14. The Balaban J connectivity index is 1.81. The molecule has 33 heavy (non-hydrogen) atoms. The molecule has 3 rings (SSSR count). The molecule has 1 saturated heterocycles. The van der Waals surface area contributed by atoms with Crippen molar-refractivity contribution in [3.8, 4) is 0 Å². The van der Waals surface area contributed by atoms with Crippen LogP contribution in [-0.2, 0) is 14.3 Å². The third-order valence-electron chi connectivity index (χ3n) is 5.70. The number of H-pyrrole nitrogens is 1. The Morgan fingerprint density at radius 2 is 2.09 bits per heavy atom. The van der Waals surface area contributed by atoms with Crippen molar-refractivity contribution in [3.05, 3.63) is 64.3 Å². The van der Waals surface area contributed by atoms with Crippen molar-refractivity contribution >= 4 is 35.6 Å². The van der Waals surface area contributed by atoms with Crippen molar-refractivity contribution in [1.82, 2.24) is 20.2 Å². The number of aromatic nitrogens is 2. The summed E-state index contributed by atoms with van der Waals surface area (Å²) < 4.78 is 5.33. The number of allylic oxidation sites excluding steroid dienone is 4. The van der Waals surface area contributed by atoms with Crippen LogP contribution in [0.5, 0.6) is 0 Å². The highest BCUT2D eigenvalue weighted by Crippen LogP contribution is 2.23. The van der Waals surface area contributed by atoms with Gasteiger partial charge in [-0.1, -0.05) is 42.8 Å². The van der Waals surface area contributed by atoms with Crippen molar-refractivity contribution in [2.45, 2.75) is 32.7 Å². The standard InChI is InChI=1S/C25H31ClN4O3/c1-4-7-20-21(12-13-26)28-23(27-20)22(16-33-3)29-24(31)18-9-8-17(2)19(11-10-18)25(32)30-14-5-6-15-30/h4,7-13,17,22H,5-6,14-16H2,1-3H3,(H,27,28)(H,29,31)/b7-4-,13-12+. The molecule has 2 aliphatic rings. The van der Waals surface area contributed by atoms with Gasteiger partial charge in [0.15, 0.2) is 0 Å². The highest BCUT2D eigenvalue weighted by molar-refractivity contribution is 6.27. The number of ether oxygens (including phenoxy) is 1. The lowest BCUT2D eigenvalue weighted by molar-refractivity contribution is -0.126. The number of halogens is 1. The zero-order chi connectivity index (χ0) is 23.8. The van der Waals surface area contributed by atoms with Crippen molar-refractivity contribution < 1.29 is 14.3 Å². The molecule has 1 fully saturated rings. The van der Waals surface area contributed by atoms with Gasteiger partial charge >= 0.3 is 0 Å². The van der Waals surface area contributed by atoms with E-state index >= 15 is 0 Å². The first-order valence-corrected chi connectivity index (χ1v) is 11.6. The van der Waals surface area contributed by atoms with Crippen LogP contribution in [0.25, 0.3) is 12.2 Å². The first-order valence-electron chi connectivity index (χ1n) is 11.2. The summed E-state index contributed by atoms with van der Waals surface area (Å²) in [7, 11) is 1.57. The third-order valence-corrected chi connectivity index (χ3v) is 5.83. The molecular formula is C25H31ClN4O3. The van der Waals surface area contributed by atoms with E-state index in [9.17, 15) is 9.59 Å². The Kier molecular flexibility index (Phi) is 8.86. The minimum absolute atomic E-state index is 0.0480. The molecule has 2 unspecified atom stereocenters. The molecule has 0 aromatic carbocycles. The molecule has 0 saturated carbocycles. The largest absolute Gasteiger partial charge is 0.382 e. The van der Waals surface area contributed by atoms with Gasteiger partial charge in [0.2, 0.25) is 5.91 Å². The monoisotopic (exact) mass is 470 g/mol. The van der Waals surface area contributed by atoms with Crippen LogP contribution >= 0.6 is 11.6 Å². The number of rotatable bonds is 8. The molecule has 8 heteroatoms. The highest BCUT2D eigenvalue weighted by atomic mass is 35.5. The number of amides is 2. The summed E-state index contributed by atoms with van der Waals surface area (Å²) in [5, 5.41) is 2.99. The average Bonchev–Trinajstić information content (AvgIpc) is 3.42. The molecule has 1 aliphatic carbocycles. The lowest BCUT2D eigenvalue weighted by atomic mass is 10.00. The quantitative estimate of drug-likeness (QED) is 0.597. The van der Waals surface area contributed by atoms with Gasteiger partial charge in [-0.25, -0.2) is 4.98 Å². The van der Waals surface area contributed by atoms with Gasteiger partial charge in [-0.2, -0.15) is 0 Å². The van der Waals surface area contributed by atoms with E-state index in [-0.39, 0.29) is 24.3 Å². The molecule has 2 N–H and O–H groups in total. The van der Waals surface area contributed by atoms with Gasteiger partial charge in [0.1, 0.15) is 11.9 Å². The first kappa shape index (κ1) is 24.7. The smallest absolute Gasteiger partial charge is 0.251 e. The number of carbonyl (C=O) groups is 2. The summed E-state index contributed by atoms with van der Waals surface area (Å²) in [5.74, 6) is 0.264. The molecule has 2 heterocycles. The SMILES string of the molecule is C/C=C\c1[nH]c(C(COC)NC(=O)C2=CC=C(C(=O)N3CCCC3)C(C)C=C2)nc1/C=C/Cl. The highest BCUT2D eigenvalue weighted by Gasteiger charge is 2.26. The van der Waals surface area contributed by atoms with Gasteiger partial charge in [-0.15, -0.1) is 0 Å². The maximum Gasteiger partial charge on any atom is 0.251 e. The number of nitrogens with one attached hydrogen (secondary N) is 2. The number of hydrogen-bond donors (Lipinski definition) is 2. The summed E-state index contributed by atoms with van der Waals surface area (Å²) in [6, 6.07) is -0.492. The Morgan fingerprint density at radius 1 is 1.33 bits per heavy atom. The lowest BCUT2D eigenvalue weighted by Crippen LogP contribution is -2.32. The minimum atomic E-state index is -0.492. The van der Waals surface area contributed by atoms with Gasteiger partial charge in [0.25, 0.3) is 5.91 Å². The van der Waals surface area contributed by atoms with E-state index in [1.54, 1.807) is 31.4 Å².